The molecule has 3 amide bonds. The average Bonchev–Trinajstić information content (AvgIpc) is 2.79. The zero-order chi connectivity index (χ0) is 15.1. The first-order valence-corrected chi connectivity index (χ1v) is 7.55. The van der Waals surface area contributed by atoms with Crippen molar-refractivity contribution in [2.45, 2.75) is 26.3 Å². The maximum Gasteiger partial charge on any atom is 0.317 e. The van der Waals surface area contributed by atoms with Crippen molar-refractivity contribution < 1.29 is 9.59 Å². The minimum absolute atomic E-state index is 0.0512. The second-order valence-corrected chi connectivity index (χ2v) is 5.22. The second-order valence-electron chi connectivity index (χ2n) is 5.22. The fourth-order valence-electron chi connectivity index (χ4n) is 2.48. The molecule has 5 heteroatoms. The molecule has 5 nitrogen and oxygen atoms in total. The van der Waals surface area contributed by atoms with Gasteiger partial charge in [-0.15, -0.1) is 0 Å². The van der Waals surface area contributed by atoms with Crippen molar-refractivity contribution in [2.24, 2.45) is 0 Å². The smallest absolute Gasteiger partial charge is 0.317 e. The van der Waals surface area contributed by atoms with Gasteiger partial charge in [-0.25, -0.2) is 4.79 Å². The Kier molecular flexibility index (Phi) is 5.60. The molecule has 1 fully saturated rings. The molecular formula is C16H23N3O2. The zero-order valence-electron chi connectivity index (χ0n) is 12.5. The molecule has 1 aromatic carbocycles. The van der Waals surface area contributed by atoms with Crippen LogP contribution < -0.4 is 5.32 Å². The van der Waals surface area contributed by atoms with Crippen LogP contribution in [0.25, 0.3) is 0 Å². The Bertz CT molecular complexity index is 476. The topological polar surface area (TPSA) is 52.7 Å². The summed E-state index contributed by atoms with van der Waals surface area (Å²) >= 11 is 0. The van der Waals surface area contributed by atoms with Crippen molar-refractivity contribution in [3.63, 3.8) is 0 Å². The minimum Gasteiger partial charge on any atom is -0.341 e. The number of carbonyl (C=O) groups is 2. The van der Waals surface area contributed by atoms with Gasteiger partial charge >= 0.3 is 6.03 Å². The lowest BCUT2D eigenvalue weighted by atomic mass is 10.2. The monoisotopic (exact) mass is 289 g/mol. The molecule has 1 N–H and O–H groups in total. The number of amides is 3. The van der Waals surface area contributed by atoms with E-state index in [0.717, 1.165) is 18.5 Å². The van der Waals surface area contributed by atoms with Gasteiger partial charge in [0.05, 0.1) is 0 Å². The number of urea groups is 1. The molecule has 1 aliphatic heterocycles. The molecule has 1 heterocycles. The molecule has 0 bridgehead atoms. The fourth-order valence-corrected chi connectivity index (χ4v) is 2.48. The van der Waals surface area contributed by atoms with Crippen LogP contribution in [0.4, 0.5) is 4.79 Å². The predicted octanol–water partition coefficient (Wildman–Crippen LogP) is 1.84. The number of nitrogens with zero attached hydrogens (tertiary/aromatic N) is 2. The molecule has 0 radical (unpaired) electrons. The first-order valence-electron chi connectivity index (χ1n) is 7.55. The molecule has 0 atom stereocenters. The summed E-state index contributed by atoms with van der Waals surface area (Å²) in [5.74, 6) is 0.168. The van der Waals surface area contributed by atoms with Crippen LogP contribution in [0.3, 0.4) is 0 Å². The fraction of sp³-hybridized carbons (Fsp3) is 0.500. The highest BCUT2D eigenvalue weighted by molar-refractivity contribution is 5.76. The Balaban J connectivity index is 1.81. The van der Waals surface area contributed by atoms with E-state index in [4.69, 9.17) is 0 Å². The molecule has 0 aromatic heterocycles. The summed E-state index contributed by atoms with van der Waals surface area (Å²) in [7, 11) is 0. The Morgan fingerprint density at radius 2 is 1.71 bits per heavy atom. The van der Waals surface area contributed by atoms with Gasteiger partial charge in [0, 0.05) is 39.1 Å². The molecular weight excluding hydrogens is 266 g/mol. The Morgan fingerprint density at radius 3 is 2.43 bits per heavy atom. The number of hydrogen-bond donors (Lipinski definition) is 1. The van der Waals surface area contributed by atoms with E-state index in [0.29, 0.717) is 32.6 Å². The van der Waals surface area contributed by atoms with Crippen LogP contribution >= 0.6 is 0 Å². The lowest BCUT2D eigenvalue weighted by molar-refractivity contribution is -0.130. The van der Waals surface area contributed by atoms with Gasteiger partial charge in [-0.05, 0) is 12.0 Å². The Hall–Kier alpha value is -2.04. The zero-order valence-corrected chi connectivity index (χ0v) is 12.5. The SMILES string of the molecule is CCC(=O)N1CCCN(C(=O)NCc2ccccc2)CC1. The summed E-state index contributed by atoms with van der Waals surface area (Å²) in [4.78, 5) is 27.5. The van der Waals surface area contributed by atoms with Crippen LogP contribution in [0.2, 0.25) is 0 Å². The third-order valence-corrected chi connectivity index (χ3v) is 3.72. The van der Waals surface area contributed by atoms with E-state index in [1.807, 2.05) is 42.2 Å². The molecule has 1 aliphatic rings. The molecule has 1 saturated heterocycles. The van der Waals surface area contributed by atoms with Crippen molar-refractivity contribution in [3.05, 3.63) is 35.9 Å². The summed E-state index contributed by atoms with van der Waals surface area (Å²) in [6.45, 7) is 5.09. The Morgan fingerprint density at radius 1 is 1.05 bits per heavy atom. The van der Waals surface area contributed by atoms with Crippen molar-refractivity contribution in [1.29, 1.82) is 0 Å². The largest absolute Gasteiger partial charge is 0.341 e. The molecule has 0 saturated carbocycles. The van der Waals surface area contributed by atoms with E-state index < -0.39 is 0 Å². The van der Waals surface area contributed by atoms with Crippen molar-refractivity contribution >= 4 is 11.9 Å². The maximum atomic E-state index is 12.2. The summed E-state index contributed by atoms with van der Waals surface area (Å²) in [5, 5.41) is 2.94. The van der Waals surface area contributed by atoms with Gasteiger partial charge in [-0.2, -0.15) is 0 Å². The standard InChI is InChI=1S/C16H23N3O2/c1-2-15(20)18-9-6-10-19(12-11-18)16(21)17-13-14-7-4-3-5-8-14/h3-5,7-8H,2,6,9-13H2,1H3,(H,17,21). The highest BCUT2D eigenvalue weighted by Gasteiger charge is 2.20. The molecule has 0 aliphatic carbocycles. The summed E-state index contributed by atoms with van der Waals surface area (Å²) in [6.07, 6.45) is 1.37. The normalized spacial score (nSPS) is 15.5. The first kappa shape index (κ1) is 15.4. The molecule has 114 valence electrons. The average molecular weight is 289 g/mol. The lowest BCUT2D eigenvalue weighted by Gasteiger charge is -2.22. The number of rotatable bonds is 3. The van der Waals surface area contributed by atoms with Crippen molar-refractivity contribution in [1.82, 2.24) is 15.1 Å². The highest BCUT2D eigenvalue weighted by atomic mass is 16.2. The van der Waals surface area contributed by atoms with Gasteiger partial charge in [0.25, 0.3) is 0 Å². The van der Waals surface area contributed by atoms with Crippen LogP contribution in [0.1, 0.15) is 25.3 Å². The third-order valence-electron chi connectivity index (χ3n) is 3.72. The summed E-state index contributed by atoms with van der Waals surface area (Å²) < 4.78 is 0. The minimum atomic E-state index is -0.0512. The van der Waals surface area contributed by atoms with Crippen LogP contribution in [0.15, 0.2) is 30.3 Å². The van der Waals surface area contributed by atoms with Crippen LogP contribution in [-0.4, -0.2) is 47.9 Å². The van der Waals surface area contributed by atoms with E-state index >= 15 is 0 Å². The van der Waals surface area contributed by atoms with E-state index in [2.05, 4.69) is 5.32 Å². The summed E-state index contributed by atoms with van der Waals surface area (Å²) in [5.41, 5.74) is 1.09. The van der Waals surface area contributed by atoms with Gasteiger partial charge < -0.3 is 15.1 Å². The Labute approximate surface area is 125 Å². The van der Waals surface area contributed by atoms with E-state index in [1.165, 1.54) is 0 Å². The van der Waals surface area contributed by atoms with Gasteiger partial charge in [0.15, 0.2) is 0 Å². The van der Waals surface area contributed by atoms with E-state index in [1.54, 1.807) is 4.90 Å². The van der Waals surface area contributed by atoms with Crippen molar-refractivity contribution in [3.8, 4) is 0 Å². The number of nitrogens with one attached hydrogen (secondary N) is 1. The van der Waals surface area contributed by atoms with Gasteiger partial charge in [0.2, 0.25) is 5.91 Å². The van der Waals surface area contributed by atoms with E-state index in [9.17, 15) is 9.59 Å². The molecule has 0 spiro atoms. The lowest BCUT2D eigenvalue weighted by Crippen LogP contribution is -2.42. The van der Waals surface area contributed by atoms with Crippen LogP contribution in [0.5, 0.6) is 0 Å². The van der Waals surface area contributed by atoms with Crippen molar-refractivity contribution in [2.75, 3.05) is 26.2 Å². The maximum absolute atomic E-state index is 12.2. The number of carbonyl (C=O) groups excluding carboxylic acids is 2. The second kappa shape index (κ2) is 7.67. The van der Waals surface area contributed by atoms with Crippen LogP contribution in [-0.2, 0) is 11.3 Å². The van der Waals surface area contributed by atoms with E-state index in [-0.39, 0.29) is 11.9 Å². The molecule has 2 rings (SSSR count). The number of hydrogen-bond acceptors (Lipinski definition) is 2. The highest BCUT2D eigenvalue weighted by Crippen LogP contribution is 2.06. The van der Waals surface area contributed by atoms with Gasteiger partial charge in [-0.3, -0.25) is 4.79 Å². The van der Waals surface area contributed by atoms with Gasteiger partial charge in [-0.1, -0.05) is 37.3 Å². The molecule has 0 unspecified atom stereocenters. The van der Waals surface area contributed by atoms with Gasteiger partial charge in [0.1, 0.15) is 0 Å². The van der Waals surface area contributed by atoms with Crippen LogP contribution in [0, 0.1) is 0 Å². The molecule has 1 aromatic rings. The predicted molar refractivity (Wildman–Crippen MR) is 81.7 cm³/mol. The molecule has 21 heavy (non-hydrogen) atoms. The number of benzene rings is 1. The first-order chi connectivity index (χ1) is 10.2. The third kappa shape index (κ3) is 4.48. The summed E-state index contributed by atoms with van der Waals surface area (Å²) in [6, 6.07) is 9.81. The quantitative estimate of drug-likeness (QED) is 0.923.